The summed E-state index contributed by atoms with van der Waals surface area (Å²) in [7, 11) is -3.34. The Morgan fingerprint density at radius 3 is 2.79 bits per heavy atom. The van der Waals surface area contributed by atoms with Gasteiger partial charge in [-0.2, -0.15) is 4.31 Å². The minimum absolute atomic E-state index is 0.373. The highest BCUT2D eigenvalue weighted by Crippen LogP contribution is 2.30. The minimum Gasteiger partial charge on any atom is -0.207 e. The van der Waals surface area contributed by atoms with Gasteiger partial charge in [0.05, 0.1) is 10.8 Å². The third kappa shape index (κ3) is 3.32. The van der Waals surface area contributed by atoms with Gasteiger partial charge in [-0.05, 0) is 38.2 Å². The van der Waals surface area contributed by atoms with E-state index in [9.17, 15) is 8.42 Å². The van der Waals surface area contributed by atoms with Gasteiger partial charge in [0, 0.05) is 22.8 Å². The molecule has 3 nitrogen and oxygen atoms in total. The molecule has 2 heterocycles. The molecule has 2 rings (SSSR count). The average molecular weight is 322 g/mol. The van der Waals surface area contributed by atoms with Crippen molar-refractivity contribution in [3.8, 4) is 0 Å². The number of hydrogen-bond donors (Lipinski definition) is 0. The second-order valence-corrected chi connectivity index (χ2v) is 8.72. The third-order valence-corrected chi connectivity index (χ3v) is 7.30. The van der Waals surface area contributed by atoms with Gasteiger partial charge in [-0.15, -0.1) is 22.9 Å². The fraction of sp³-hybridized carbons (Fsp3) is 0.692. The van der Waals surface area contributed by atoms with Gasteiger partial charge >= 0.3 is 0 Å². The van der Waals surface area contributed by atoms with E-state index in [4.69, 9.17) is 11.6 Å². The van der Waals surface area contributed by atoms with Gasteiger partial charge in [-0.25, -0.2) is 8.42 Å². The number of hydrogen-bond acceptors (Lipinski definition) is 3. The molecule has 0 N–H and O–H groups in total. The molecule has 19 heavy (non-hydrogen) atoms. The zero-order valence-corrected chi connectivity index (χ0v) is 13.7. The molecule has 1 saturated heterocycles. The fourth-order valence-corrected chi connectivity index (χ4v) is 5.65. The van der Waals surface area contributed by atoms with Crippen LogP contribution in [0.25, 0.3) is 0 Å². The molecule has 0 aromatic carbocycles. The van der Waals surface area contributed by atoms with Gasteiger partial charge in [-0.1, -0.05) is 6.92 Å². The molecule has 0 radical (unpaired) electrons. The number of aryl methyl sites for hydroxylation is 1. The highest BCUT2D eigenvalue weighted by atomic mass is 35.5. The lowest BCUT2D eigenvalue weighted by Gasteiger charge is -2.19. The van der Waals surface area contributed by atoms with E-state index in [0.717, 1.165) is 29.0 Å². The van der Waals surface area contributed by atoms with Crippen molar-refractivity contribution in [3.05, 3.63) is 15.8 Å². The van der Waals surface area contributed by atoms with Crippen LogP contribution in [0.3, 0.4) is 0 Å². The molecule has 108 valence electrons. The Labute approximate surface area is 124 Å². The van der Waals surface area contributed by atoms with Crippen molar-refractivity contribution in [2.75, 3.05) is 13.1 Å². The van der Waals surface area contributed by atoms with E-state index in [2.05, 4.69) is 6.92 Å². The Bertz CT molecular complexity index is 539. The highest BCUT2D eigenvalue weighted by molar-refractivity contribution is 7.89. The Kier molecular flexibility index (Phi) is 4.93. The number of alkyl halides is 1. The highest BCUT2D eigenvalue weighted by Gasteiger charge is 2.29. The van der Waals surface area contributed by atoms with E-state index >= 15 is 0 Å². The molecule has 1 fully saturated rings. The van der Waals surface area contributed by atoms with Crippen LogP contribution in [0, 0.1) is 12.8 Å². The number of rotatable bonds is 3. The van der Waals surface area contributed by atoms with E-state index in [1.807, 2.05) is 6.92 Å². The number of thiophene rings is 1. The van der Waals surface area contributed by atoms with Crippen molar-refractivity contribution in [3.63, 3.8) is 0 Å². The van der Waals surface area contributed by atoms with E-state index in [-0.39, 0.29) is 0 Å². The molecule has 1 unspecified atom stereocenters. The van der Waals surface area contributed by atoms with Crippen molar-refractivity contribution < 1.29 is 8.42 Å². The molecule has 0 aliphatic carbocycles. The minimum atomic E-state index is -3.34. The molecule has 1 atom stereocenters. The largest absolute Gasteiger partial charge is 0.244 e. The number of sulfonamides is 1. The molecular formula is C13H20ClNO2S2. The summed E-state index contributed by atoms with van der Waals surface area (Å²) in [6.45, 7) is 5.32. The first kappa shape index (κ1) is 15.3. The first-order valence-corrected chi connectivity index (χ1v) is 9.39. The Hall–Kier alpha value is -0.100. The molecule has 1 aromatic heterocycles. The lowest BCUT2D eigenvalue weighted by molar-refractivity contribution is 0.416. The molecule has 6 heteroatoms. The van der Waals surface area contributed by atoms with Crippen LogP contribution < -0.4 is 0 Å². The quantitative estimate of drug-likeness (QED) is 0.798. The van der Waals surface area contributed by atoms with Gasteiger partial charge in [0.1, 0.15) is 0 Å². The summed E-state index contributed by atoms with van der Waals surface area (Å²) >= 11 is 7.27. The molecule has 0 bridgehead atoms. The molecular weight excluding hydrogens is 302 g/mol. The lowest BCUT2D eigenvalue weighted by Crippen LogP contribution is -2.32. The van der Waals surface area contributed by atoms with Crippen molar-refractivity contribution in [2.24, 2.45) is 5.92 Å². The van der Waals surface area contributed by atoms with Gasteiger partial charge < -0.3 is 0 Å². The van der Waals surface area contributed by atoms with E-state index in [0.29, 0.717) is 29.8 Å². The van der Waals surface area contributed by atoms with Crippen molar-refractivity contribution in [1.29, 1.82) is 0 Å². The van der Waals surface area contributed by atoms with Crippen molar-refractivity contribution in [1.82, 2.24) is 4.31 Å². The number of halogens is 1. The van der Waals surface area contributed by atoms with E-state index in [1.54, 1.807) is 10.4 Å². The zero-order chi connectivity index (χ0) is 14.0. The standard InChI is InChI=1S/C13H20ClNO2S2/c1-10-4-3-6-15(7-5-10)19(16,17)13-8-12(9-14)18-11(13)2/h8,10H,3-7,9H2,1-2H3. The topological polar surface area (TPSA) is 37.4 Å². The normalized spacial score (nSPS) is 22.4. The summed E-state index contributed by atoms with van der Waals surface area (Å²) in [6.07, 6.45) is 3.01. The zero-order valence-electron chi connectivity index (χ0n) is 11.4. The maximum atomic E-state index is 12.7. The fourth-order valence-electron chi connectivity index (χ4n) is 2.46. The van der Waals surface area contributed by atoms with Gasteiger partial charge in [0.15, 0.2) is 0 Å². The average Bonchev–Trinajstić information content (AvgIpc) is 2.60. The molecule has 0 saturated carbocycles. The van der Waals surface area contributed by atoms with E-state index in [1.165, 1.54) is 11.3 Å². The van der Waals surface area contributed by atoms with Crippen LogP contribution in [-0.4, -0.2) is 25.8 Å². The SMILES string of the molecule is Cc1sc(CCl)cc1S(=O)(=O)N1CCCC(C)CC1. The van der Waals surface area contributed by atoms with Crippen molar-refractivity contribution >= 4 is 33.0 Å². The van der Waals surface area contributed by atoms with Crippen LogP contribution in [0.1, 0.15) is 35.9 Å². The number of nitrogens with zero attached hydrogens (tertiary/aromatic N) is 1. The van der Waals surface area contributed by atoms with Crippen molar-refractivity contribution in [2.45, 2.75) is 43.9 Å². The molecule has 1 aromatic rings. The molecule has 1 aliphatic heterocycles. The van der Waals surface area contributed by atoms with Crippen LogP contribution in [0.2, 0.25) is 0 Å². The smallest absolute Gasteiger partial charge is 0.207 e. The van der Waals surface area contributed by atoms with Crippen LogP contribution in [0.4, 0.5) is 0 Å². The monoisotopic (exact) mass is 321 g/mol. The lowest BCUT2D eigenvalue weighted by atomic mass is 10.0. The van der Waals surface area contributed by atoms with Gasteiger partial charge in [0.2, 0.25) is 10.0 Å². The van der Waals surface area contributed by atoms with Crippen LogP contribution >= 0.6 is 22.9 Å². The van der Waals surface area contributed by atoms with Gasteiger partial charge in [-0.3, -0.25) is 0 Å². The first-order valence-electron chi connectivity index (χ1n) is 6.60. The Balaban J connectivity index is 2.28. The van der Waals surface area contributed by atoms with E-state index < -0.39 is 10.0 Å². The maximum Gasteiger partial charge on any atom is 0.244 e. The second kappa shape index (κ2) is 6.12. The molecule has 1 aliphatic rings. The summed E-state index contributed by atoms with van der Waals surface area (Å²) in [5, 5.41) is 0. The first-order chi connectivity index (χ1) is 8.95. The van der Waals surface area contributed by atoms with Gasteiger partial charge in [0.25, 0.3) is 0 Å². The summed E-state index contributed by atoms with van der Waals surface area (Å²) in [5.74, 6) is 0.986. The summed E-state index contributed by atoms with van der Waals surface area (Å²) in [5.41, 5.74) is 0. The Morgan fingerprint density at radius 2 is 2.16 bits per heavy atom. The summed E-state index contributed by atoms with van der Waals surface area (Å²) < 4.78 is 27.0. The van der Waals surface area contributed by atoms with Crippen LogP contribution in [-0.2, 0) is 15.9 Å². The summed E-state index contributed by atoms with van der Waals surface area (Å²) in [6, 6.07) is 1.73. The summed E-state index contributed by atoms with van der Waals surface area (Å²) in [4.78, 5) is 2.21. The van der Waals surface area contributed by atoms with Crippen LogP contribution in [0.5, 0.6) is 0 Å². The third-order valence-electron chi connectivity index (χ3n) is 3.65. The Morgan fingerprint density at radius 1 is 1.42 bits per heavy atom. The predicted molar refractivity (Wildman–Crippen MR) is 80.4 cm³/mol. The molecule has 0 spiro atoms. The second-order valence-electron chi connectivity index (χ2n) is 5.21. The van der Waals surface area contributed by atoms with Crippen LogP contribution in [0.15, 0.2) is 11.0 Å². The predicted octanol–water partition coefficient (Wildman–Crippen LogP) is 3.61. The molecule has 0 amide bonds. The maximum absolute atomic E-state index is 12.7.